The summed E-state index contributed by atoms with van der Waals surface area (Å²) in [5.74, 6) is 0. The van der Waals surface area contributed by atoms with Gasteiger partial charge in [-0.2, -0.15) is 0 Å². The first kappa shape index (κ1) is 9.06. The number of nitrogens with two attached hydrogens (primary N) is 1. The van der Waals surface area contributed by atoms with E-state index in [1.54, 1.807) is 11.4 Å². The topological polar surface area (TPSA) is 69.2 Å². The van der Waals surface area contributed by atoms with Crippen molar-refractivity contribution in [2.24, 2.45) is 5.73 Å². The van der Waals surface area contributed by atoms with Gasteiger partial charge in [0.1, 0.15) is 0 Å². The van der Waals surface area contributed by atoms with Crippen LogP contribution < -0.4 is 5.73 Å². The molecule has 0 aliphatic heterocycles. The molecule has 0 aromatic carbocycles. The second kappa shape index (κ2) is 4.89. The predicted octanol–water partition coefficient (Wildman–Crippen LogP) is 1.23. The highest BCUT2D eigenvalue weighted by Gasteiger charge is 2.01. The van der Waals surface area contributed by atoms with Gasteiger partial charge in [-0.25, -0.2) is 0 Å². The van der Waals surface area contributed by atoms with Crippen LogP contribution in [0, 0.1) is 10.1 Å². The lowest BCUT2D eigenvalue weighted by atomic mass is 10.6. The minimum Gasteiger partial charge on any atom is -0.333 e. The van der Waals surface area contributed by atoms with E-state index in [0.717, 1.165) is 11.3 Å². The van der Waals surface area contributed by atoms with Crippen molar-refractivity contribution >= 4 is 16.3 Å². The number of thiophene rings is 1. The van der Waals surface area contributed by atoms with Gasteiger partial charge in [-0.05, 0) is 18.5 Å². The summed E-state index contributed by atoms with van der Waals surface area (Å²) >= 11 is 1.13. The molecule has 0 amide bonds. The van der Waals surface area contributed by atoms with E-state index in [9.17, 15) is 10.1 Å². The van der Waals surface area contributed by atoms with Crippen LogP contribution in [0.15, 0.2) is 17.5 Å². The van der Waals surface area contributed by atoms with E-state index in [1.165, 1.54) is 13.1 Å². The molecule has 10 heavy (non-hydrogen) atoms. The third kappa shape index (κ3) is 2.56. The Morgan fingerprint density at radius 3 is 2.50 bits per heavy atom. The molecule has 56 valence electrons. The lowest BCUT2D eigenvalue weighted by Gasteiger charge is -1.76. The van der Waals surface area contributed by atoms with E-state index < -0.39 is 4.92 Å². The van der Waals surface area contributed by atoms with Gasteiger partial charge in [-0.3, -0.25) is 10.1 Å². The second-order valence-electron chi connectivity index (χ2n) is 1.21. The summed E-state index contributed by atoms with van der Waals surface area (Å²) in [6, 6.07) is 3.13. The lowest BCUT2D eigenvalue weighted by Crippen LogP contribution is -1.80. The van der Waals surface area contributed by atoms with Gasteiger partial charge in [-0.15, -0.1) is 0 Å². The molecule has 1 aromatic rings. The number of rotatable bonds is 1. The molecule has 0 fully saturated rings. The maximum absolute atomic E-state index is 9.88. The van der Waals surface area contributed by atoms with Crippen molar-refractivity contribution in [2.45, 2.75) is 0 Å². The number of nitro groups is 1. The highest BCUT2D eigenvalue weighted by Crippen LogP contribution is 2.16. The van der Waals surface area contributed by atoms with Crippen LogP contribution in [0.3, 0.4) is 0 Å². The highest BCUT2D eigenvalue weighted by atomic mass is 32.1. The molecule has 0 spiro atoms. The molecule has 0 atom stereocenters. The first-order chi connectivity index (χ1) is 4.80. The second-order valence-corrected chi connectivity index (χ2v) is 2.13. The van der Waals surface area contributed by atoms with Gasteiger partial charge in [0.2, 0.25) is 0 Å². The van der Waals surface area contributed by atoms with Gasteiger partial charge < -0.3 is 5.73 Å². The molecule has 2 N–H and O–H groups in total. The quantitative estimate of drug-likeness (QED) is 0.496. The first-order valence-corrected chi connectivity index (χ1v) is 3.44. The van der Waals surface area contributed by atoms with Gasteiger partial charge in [0.05, 0.1) is 4.92 Å². The maximum atomic E-state index is 9.88. The van der Waals surface area contributed by atoms with E-state index >= 15 is 0 Å². The summed E-state index contributed by atoms with van der Waals surface area (Å²) in [6.07, 6.45) is 0. The SMILES string of the molecule is CN.O=[N+]([O-])c1cccs1. The minimum absolute atomic E-state index is 0.199. The monoisotopic (exact) mass is 160 g/mol. The zero-order valence-corrected chi connectivity index (χ0v) is 6.30. The molecular formula is C5H8N2O2S. The van der Waals surface area contributed by atoms with E-state index in [0.29, 0.717) is 0 Å². The van der Waals surface area contributed by atoms with Crippen LogP contribution in [0.4, 0.5) is 5.00 Å². The number of hydrogen-bond acceptors (Lipinski definition) is 4. The molecule has 5 heteroatoms. The molecule has 0 saturated carbocycles. The maximum Gasteiger partial charge on any atom is 0.324 e. The Hall–Kier alpha value is -0.940. The van der Waals surface area contributed by atoms with Crippen LogP contribution in [0.25, 0.3) is 0 Å². The average Bonchev–Trinajstić information content (AvgIpc) is 2.42. The minimum atomic E-state index is -0.398. The molecule has 0 saturated heterocycles. The summed E-state index contributed by atoms with van der Waals surface area (Å²) < 4.78 is 0. The Labute approximate surface area is 62.4 Å². The molecule has 0 aliphatic carbocycles. The zero-order chi connectivity index (χ0) is 7.98. The summed E-state index contributed by atoms with van der Waals surface area (Å²) in [5.41, 5.74) is 4.50. The third-order valence-corrected chi connectivity index (χ3v) is 1.51. The van der Waals surface area contributed by atoms with Crippen molar-refractivity contribution < 1.29 is 4.92 Å². The Balaban J connectivity index is 0.000000371. The normalized spacial score (nSPS) is 7.80. The van der Waals surface area contributed by atoms with E-state index in [-0.39, 0.29) is 5.00 Å². The van der Waals surface area contributed by atoms with Gasteiger partial charge in [0.25, 0.3) is 0 Å². The Kier molecular flexibility index (Phi) is 4.43. The number of nitrogens with zero attached hydrogens (tertiary/aromatic N) is 1. The highest BCUT2D eigenvalue weighted by molar-refractivity contribution is 7.13. The molecule has 1 rings (SSSR count). The summed E-state index contributed by atoms with van der Waals surface area (Å²) in [4.78, 5) is 9.48. The fraction of sp³-hybridized carbons (Fsp3) is 0.200. The van der Waals surface area contributed by atoms with Crippen LogP contribution in [-0.4, -0.2) is 12.0 Å². The molecule has 0 radical (unpaired) electrons. The molecule has 0 bridgehead atoms. The molecule has 0 aliphatic rings. The lowest BCUT2D eigenvalue weighted by molar-refractivity contribution is -0.380. The summed E-state index contributed by atoms with van der Waals surface area (Å²) in [5, 5.41) is 11.8. The van der Waals surface area contributed by atoms with Gasteiger partial charge in [0.15, 0.2) is 0 Å². The van der Waals surface area contributed by atoms with Crippen LogP contribution in [-0.2, 0) is 0 Å². The molecular weight excluding hydrogens is 152 g/mol. The van der Waals surface area contributed by atoms with Crippen molar-refractivity contribution in [1.29, 1.82) is 0 Å². The molecule has 1 aromatic heterocycles. The van der Waals surface area contributed by atoms with E-state index in [1.807, 2.05) is 0 Å². The zero-order valence-electron chi connectivity index (χ0n) is 5.48. The van der Waals surface area contributed by atoms with Crippen molar-refractivity contribution in [3.63, 3.8) is 0 Å². The van der Waals surface area contributed by atoms with Crippen molar-refractivity contribution in [2.75, 3.05) is 7.05 Å². The van der Waals surface area contributed by atoms with Gasteiger partial charge in [0, 0.05) is 6.07 Å². The van der Waals surface area contributed by atoms with Gasteiger partial charge in [-0.1, -0.05) is 11.3 Å². The first-order valence-electron chi connectivity index (χ1n) is 2.56. The van der Waals surface area contributed by atoms with Crippen molar-refractivity contribution in [3.05, 3.63) is 27.6 Å². The van der Waals surface area contributed by atoms with Crippen LogP contribution in [0.2, 0.25) is 0 Å². The fourth-order valence-corrected chi connectivity index (χ4v) is 0.914. The van der Waals surface area contributed by atoms with Crippen LogP contribution in [0.5, 0.6) is 0 Å². The van der Waals surface area contributed by atoms with Crippen molar-refractivity contribution in [3.8, 4) is 0 Å². The van der Waals surface area contributed by atoms with E-state index in [2.05, 4.69) is 5.73 Å². The molecule has 4 nitrogen and oxygen atoms in total. The smallest absolute Gasteiger partial charge is 0.324 e. The predicted molar refractivity (Wildman–Crippen MR) is 41.1 cm³/mol. The van der Waals surface area contributed by atoms with Gasteiger partial charge >= 0.3 is 5.00 Å². The summed E-state index contributed by atoms with van der Waals surface area (Å²) in [7, 11) is 1.50. The molecule has 0 unspecified atom stereocenters. The largest absolute Gasteiger partial charge is 0.333 e. The van der Waals surface area contributed by atoms with Crippen LogP contribution >= 0.6 is 11.3 Å². The Morgan fingerprint density at radius 2 is 2.30 bits per heavy atom. The molecule has 1 heterocycles. The summed E-state index contributed by atoms with van der Waals surface area (Å²) in [6.45, 7) is 0. The Bertz CT molecular complexity index is 186. The third-order valence-electron chi connectivity index (χ3n) is 0.686. The van der Waals surface area contributed by atoms with Crippen molar-refractivity contribution in [1.82, 2.24) is 0 Å². The van der Waals surface area contributed by atoms with Crippen LogP contribution in [0.1, 0.15) is 0 Å². The number of hydrogen-bond donors (Lipinski definition) is 1. The standard InChI is InChI=1S/C4H3NO2S.CH5N/c6-5(7)4-2-1-3-8-4;1-2/h1-3H;2H2,1H3. The van der Waals surface area contributed by atoms with E-state index in [4.69, 9.17) is 0 Å². The average molecular weight is 160 g/mol. The fourth-order valence-electron chi connectivity index (χ4n) is 0.374. The Morgan fingerprint density at radius 1 is 1.70 bits per heavy atom.